The summed E-state index contributed by atoms with van der Waals surface area (Å²) in [5.41, 5.74) is 4.07. The van der Waals surface area contributed by atoms with E-state index in [9.17, 15) is 4.91 Å². The van der Waals surface area contributed by atoms with Crippen molar-refractivity contribution in [2.24, 2.45) is 5.18 Å². The number of benzene rings is 2. The van der Waals surface area contributed by atoms with Gasteiger partial charge in [-0.15, -0.1) is 4.91 Å². The number of nitroso groups, excluding NO2 is 1. The monoisotopic (exact) mass is 332 g/mol. The zero-order chi connectivity index (χ0) is 17.5. The van der Waals surface area contributed by atoms with E-state index in [1.165, 1.54) is 5.56 Å². The lowest BCUT2D eigenvalue weighted by molar-refractivity contribution is 0.414. The van der Waals surface area contributed by atoms with E-state index in [1.807, 2.05) is 48.5 Å². The SMILES string of the molecule is COc1cccc(CCc2ccccc2C(N=O)c2cccnc2)c1. The molecule has 2 aromatic carbocycles. The molecule has 0 fully saturated rings. The molecule has 3 aromatic rings. The highest BCUT2D eigenvalue weighted by Crippen LogP contribution is 2.29. The van der Waals surface area contributed by atoms with Crippen molar-refractivity contribution < 1.29 is 4.74 Å². The third kappa shape index (κ3) is 4.10. The Morgan fingerprint density at radius 1 is 1.04 bits per heavy atom. The smallest absolute Gasteiger partial charge is 0.144 e. The van der Waals surface area contributed by atoms with E-state index in [0.717, 1.165) is 35.3 Å². The molecule has 126 valence electrons. The molecule has 0 N–H and O–H groups in total. The maximum atomic E-state index is 11.5. The predicted octanol–water partition coefficient (Wildman–Crippen LogP) is 4.73. The van der Waals surface area contributed by atoms with Gasteiger partial charge in [0, 0.05) is 18.0 Å². The first-order valence-corrected chi connectivity index (χ1v) is 8.25. The molecule has 0 bridgehead atoms. The molecule has 0 saturated carbocycles. The molecule has 1 heterocycles. The summed E-state index contributed by atoms with van der Waals surface area (Å²) in [7, 11) is 1.67. The first-order chi connectivity index (χ1) is 12.3. The lowest BCUT2D eigenvalue weighted by atomic mass is 9.92. The van der Waals surface area contributed by atoms with Gasteiger partial charge in [-0.05, 0) is 47.7 Å². The lowest BCUT2D eigenvalue weighted by Crippen LogP contribution is -2.04. The van der Waals surface area contributed by atoms with Crippen LogP contribution in [0.3, 0.4) is 0 Å². The van der Waals surface area contributed by atoms with Crippen LogP contribution in [-0.4, -0.2) is 12.1 Å². The van der Waals surface area contributed by atoms with Crippen LogP contribution >= 0.6 is 0 Å². The Kier molecular flexibility index (Phi) is 5.52. The summed E-state index contributed by atoms with van der Waals surface area (Å²) in [6.45, 7) is 0. The summed E-state index contributed by atoms with van der Waals surface area (Å²) in [5, 5.41) is 3.36. The Morgan fingerprint density at radius 3 is 2.68 bits per heavy atom. The third-order valence-corrected chi connectivity index (χ3v) is 4.27. The molecule has 4 heteroatoms. The van der Waals surface area contributed by atoms with Crippen LogP contribution in [-0.2, 0) is 12.8 Å². The standard InChI is InChI=1S/C21H20N2O2/c1-25-19-9-4-6-16(14-19)11-12-17-7-2-3-10-20(17)21(23-24)18-8-5-13-22-15-18/h2-10,13-15,21H,11-12H2,1H3. The second-order valence-corrected chi connectivity index (χ2v) is 5.84. The number of nitrogens with zero attached hydrogens (tertiary/aromatic N) is 2. The maximum Gasteiger partial charge on any atom is 0.144 e. The molecule has 1 unspecified atom stereocenters. The Hall–Kier alpha value is -3.01. The van der Waals surface area contributed by atoms with Gasteiger partial charge in [0.2, 0.25) is 0 Å². The summed E-state index contributed by atoms with van der Waals surface area (Å²) in [6.07, 6.45) is 5.09. The topological polar surface area (TPSA) is 51.5 Å². The van der Waals surface area contributed by atoms with Crippen LogP contribution in [0.5, 0.6) is 5.75 Å². The summed E-state index contributed by atoms with van der Waals surface area (Å²) in [4.78, 5) is 15.6. The van der Waals surface area contributed by atoms with Crippen molar-refractivity contribution in [2.45, 2.75) is 18.9 Å². The van der Waals surface area contributed by atoms with Crippen LogP contribution < -0.4 is 4.74 Å². The average Bonchev–Trinajstić information content (AvgIpc) is 2.69. The number of hydrogen-bond acceptors (Lipinski definition) is 4. The quantitative estimate of drug-likeness (QED) is 0.588. The Morgan fingerprint density at radius 2 is 1.92 bits per heavy atom. The van der Waals surface area contributed by atoms with Crippen LogP contribution in [0.1, 0.15) is 28.3 Å². The minimum atomic E-state index is -0.532. The van der Waals surface area contributed by atoms with E-state index in [2.05, 4.69) is 22.3 Å². The van der Waals surface area contributed by atoms with Gasteiger partial charge in [-0.2, -0.15) is 0 Å². The van der Waals surface area contributed by atoms with Crippen molar-refractivity contribution in [1.29, 1.82) is 0 Å². The summed E-state index contributed by atoms with van der Waals surface area (Å²) in [5.74, 6) is 0.855. The predicted molar refractivity (Wildman–Crippen MR) is 98.7 cm³/mol. The fraction of sp³-hybridized carbons (Fsp3) is 0.190. The molecule has 1 aromatic heterocycles. The van der Waals surface area contributed by atoms with Crippen molar-refractivity contribution >= 4 is 0 Å². The molecule has 4 nitrogen and oxygen atoms in total. The van der Waals surface area contributed by atoms with E-state index >= 15 is 0 Å². The molecule has 0 spiro atoms. The highest BCUT2D eigenvalue weighted by Gasteiger charge is 2.18. The molecular weight excluding hydrogens is 312 g/mol. The summed E-state index contributed by atoms with van der Waals surface area (Å²) in [6, 6.07) is 19.2. The van der Waals surface area contributed by atoms with Gasteiger partial charge >= 0.3 is 0 Å². The van der Waals surface area contributed by atoms with E-state index in [0.29, 0.717) is 0 Å². The minimum Gasteiger partial charge on any atom is -0.497 e. The molecule has 0 radical (unpaired) electrons. The van der Waals surface area contributed by atoms with Crippen LogP contribution in [0.15, 0.2) is 78.2 Å². The second-order valence-electron chi connectivity index (χ2n) is 5.84. The van der Waals surface area contributed by atoms with Gasteiger partial charge in [0.05, 0.1) is 7.11 Å². The minimum absolute atomic E-state index is 0.532. The molecule has 0 aliphatic carbocycles. The third-order valence-electron chi connectivity index (χ3n) is 4.27. The van der Waals surface area contributed by atoms with E-state index in [4.69, 9.17) is 4.74 Å². The second kappa shape index (κ2) is 8.20. The molecule has 25 heavy (non-hydrogen) atoms. The Bertz CT molecular complexity index is 834. The normalized spacial score (nSPS) is 11.7. The van der Waals surface area contributed by atoms with Crippen LogP contribution in [0.4, 0.5) is 0 Å². The van der Waals surface area contributed by atoms with Gasteiger partial charge in [0.1, 0.15) is 11.8 Å². The largest absolute Gasteiger partial charge is 0.497 e. The van der Waals surface area contributed by atoms with Gasteiger partial charge in [-0.3, -0.25) is 4.98 Å². The van der Waals surface area contributed by atoms with Crippen molar-refractivity contribution in [1.82, 2.24) is 4.98 Å². The van der Waals surface area contributed by atoms with Crippen molar-refractivity contribution in [3.8, 4) is 5.75 Å². The number of methoxy groups -OCH3 is 1. The maximum absolute atomic E-state index is 11.5. The van der Waals surface area contributed by atoms with Crippen LogP contribution in [0, 0.1) is 4.91 Å². The molecular formula is C21H20N2O2. The van der Waals surface area contributed by atoms with Crippen LogP contribution in [0.2, 0.25) is 0 Å². The molecule has 1 atom stereocenters. The molecule has 0 aliphatic heterocycles. The van der Waals surface area contributed by atoms with Gasteiger partial charge in [0.25, 0.3) is 0 Å². The fourth-order valence-corrected chi connectivity index (χ4v) is 2.97. The number of aromatic nitrogens is 1. The van der Waals surface area contributed by atoms with E-state index in [-0.39, 0.29) is 0 Å². The van der Waals surface area contributed by atoms with E-state index in [1.54, 1.807) is 19.5 Å². The highest BCUT2D eigenvalue weighted by molar-refractivity contribution is 5.38. The van der Waals surface area contributed by atoms with Crippen LogP contribution in [0.25, 0.3) is 0 Å². The number of rotatable bonds is 7. The van der Waals surface area contributed by atoms with Gasteiger partial charge in [-0.1, -0.05) is 47.6 Å². The molecule has 3 rings (SSSR count). The van der Waals surface area contributed by atoms with Crippen molar-refractivity contribution in [3.63, 3.8) is 0 Å². The van der Waals surface area contributed by atoms with Crippen molar-refractivity contribution in [2.75, 3.05) is 7.11 Å². The van der Waals surface area contributed by atoms with Gasteiger partial charge in [0.15, 0.2) is 0 Å². The lowest BCUT2D eigenvalue weighted by Gasteiger charge is -2.15. The van der Waals surface area contributed by atoms with Crippen molar-refractivity contribution in [3.05, 3.63) is 100 Å². The highest BCUT2D eigenvalue weighted by atomic mass is 16.5. The molecule has 0 aliphatic rings. The van der Waals surface area contributed by atoms with Gasteiger partial charge in [-0.25, -0.2) is 0 Å². The number of aryl methyl sites for hydroxylation is 2. The zero-order valence-corrected chi connectivity index (χ0v) is 14.1. The fourth-order valence-electron chi connectivity index (χ4n) is 2.97. The zero-order valence-electron chi connectivity index (χ0n) is 14.1. The summed E-state index contributed by atoms with van der Waals surface area (Å²) < 4.78 is 5.28. The van der Waals surface area contributed by atoms with Gasteiger partial charge < -0.3 is 4.74 Å². The molecule has 0 amide bonds. The average molecular weight is 332 g/mol. The number of hydrogen-bond donors (Lipinski definition) is 0. The Balaban J connectivity index is 1.84. The first kappa shape index (κ1) is 16.8. The number of pyridine rings is 1. The number of ether oxygens (including phenoxy) is 1. The summed E-state index contributed by atoms with van der Waals surface area (Å²) >= 11 is 0. The Labute approximate surface area is 147 Å². The van der Waals surface area contributed by atoms with E-state index < -0.39 is 6.04 Å². The molecule has 0 saturated heterocycles. The first-order valence-electron chi connectivity index (χ1n) is 8.25.